The molecule has 0 saturated carbocycles. The minimum atomic E-state index is -0.188. The highest BCUT2D eigenvalue weighted by Crippen LogP contribution is 2.37. The van der Waals surface area contributed by atoms with E-state index in [2.05, 4.69) is 34.3 Å². The van der Waals surface area contributed by atoms with Crippen LogP contribution < -0.4 is 16.0 Å². The second kappa shape index (κ2) is 6.79. The summed E-state index contributed by atoms with van der Waals surface area (Å²) in [4.78, 5) is 0. The van der Waals surface area contributed by atoms with Crippen molar-refractivity contribution >= 4 is 27.5 Å². The Bertz CT molecular complexity index is 661. The summed E-state index contributed by atoms with van der Waals surface area (Å²) in [6.07, 6.45) is 0. The van der Waals surface area contributed by atoms with Crippen LogP contribution in [0, 0.1) is 13.8 Å². The van der Waals surface area contributed by atoms with Crippen molar-refractivity contribution in [2.75, 3.05) is 7.11 Å². The first-order valence-electron chi connectivity index (χ1n) is 6.54. The Hall–Kier alpha value is -1.07. The molecule has 2 aromatic rings. The van der Waals surface area contributed by atoms with Crippen LogP contribution in [0.5, 0.6) is 5.75 Å². The van der Waals surface area contributed by atoms with E-state index in [9.17, 15) is 0 Å². The number of benzene rings is 2. The first kappa shape index (κ1) is 16.3. The van der Waals surface area contributed by atoms with Crippen molar-refractivity contribution in [2.45, 2.75) is 19.9 Å². The Morgan fingerprint density at radius 1 is 1.24 bits per heavy atom. The molecule has 2 aromatic carbocycles. The number of nitrogens with one attached hydrogen (secondary N) is 1. The lowest BCUT2D eigenvalue weighted by atomic mass is 9.93. The molecule has 0 aromatic heterocycles. The second-order valence-corrected chi connectivity index (χ2v) is 6.25. The third-order valence-corrected chi connectivity index (χ3v) is 4.36. The van der Waals surface area contributed by atoms with Gasteiger partial charge in [-0.25, -0.2) is 5.43 Å². The third-order valence-electron chi connectivity index (χ3n) is 3.44. The monoisotopic (exact) mass is 368 g/mol. The van der Waals surface area contributed by atoms with Crippen LogP contribution in [0.25, 0.3) is 0 Å². The van der Waals surface area contributed by atoms with E-state index in [4.69, 9.17) is 22.2 Å². The molecular formula is C16H18BrClN2O. The topological polar surface area (TPSA) is 47.3 Å². The molecular weight excluding hydrogens is 352 g/mol. The van der Waals surface area contributed by atoms with Crippen LogP contribution in [0.1, 0.15) is 28.3 Å². The van der Waals surface area contributed by atoms with Gasteiger partial charge in [-0.05, 0) is 48.7 Å². The van der Waals surface area contributed by atoms with Gasteiger partial charge in [0, 0.05) is 15.1 Å². The van der Waals surface area contributed by atoms with Gasteiger partial charge in [0.25, 0.3) is 0 Å². The number of hydrazine groups is 1. The van der Waals surface area contributed by atoms with E-state index in [1.165, 1.54) is 0 Å². The second-order valence-electron chi connectivity index (χ2n) is 4.96. The van der Waals surface area contributed by atoms with Crippen molar-refractivity contribution in [1.29, 1.82) is 0 Å². The predicted molar refractivity (Wildman–Crippen MR) is 90.8 cm³/mol. The molecule has 0 radical (unpaired) electrons. The fraction of sp³-hybridized carbons (Fsp3) is 0.250. The van der Waals surface area contributed by atoms with Gasteiger partial charge in [0.1, 0.15) is 5.75 Å². The highest BCUT2D eigenvalue weighted by molar-refractivity contribution is 9.10. The minimum Gasteiger partial charge on any atom is -0.496 e. The number of nitrogens with two attached hydrogens (primary N) is 1. The van der Waals surface area contributed by atoms with Crippen LogP contribution in [-0.2, 0) is 0 Å². The van der Waals surface area contributed by atoms with Crippen LogP contribution in [0.4, 0.5) is 0 Å². The highest BCUT2D eigenvalue weighted by atomic mass is 79.9. The van der Waals surface area contributed by atoms with E-state index in [-0.39, 0.29) is 6.04 Å². The van der Waals surface area contributed by atoms with Gasteiger partial charge in [-0.1, -0.05) is 39.7 Å². The van der Waals surface area contributed by atoms with Crippen LogP contribution in [0.2, 0.25) is 5.02 Å². The maximum atomic E-state index is 6.02. The van der Waals surface area contributed by atoms with Crippen molar-refractivity contribution in [2.24, 2.45) is 5.84 Å². The van der Waals surface area contributed by atoms with Crippen molar-refractivity contribution in [1.82, 2.24) is 5.43 Å². The average Bonchev–Trinajstić information content (AvgIpc) is 2.42. The van der Waals surface area contributed by atoms with Gasteiger partial charge in [-0.2, -0.15) is 0 Å². The van der Waals surface area contributed by atoms with E-state index in [1.54, 1.807) is 7.11 Å². The number of ether oxygens (including phenoxy) is 1. The lowest BCUT2D eigenvalue weighted by Crippen LogP contribution is -2.30. The highest BCUT2D eigenvalue weighted by Gasteiger charge is 2.21. The summed E-state index contributed by atoms with van der Waals surface area (Å²) in [5.41, 5.74) is 7.18. The molecule has 21 heavy (non-hydrogen) atoms. The van der Waals surface area contributed by atoms with E-state index < -0.39 is 0 Å². The van der Waals surface area contributed by atoms with Crippen LogP contribution in [0.3, 0.4) is 0 Å². The minimum absolute atomic E-state index is 0.188. The SMILES string of the molecule is COc1cc(C)cc(C)c1C(NN)c1ccc(Cl)cc1Br. The molecule has 0 heterocycles. The lowest BCUT2D eigenvalue weighted by Gasteiger charge is -2.23. The Kier molecular flexibility index (Phi) is 5.27. The van der Waals surface area contributed by atoms with Gasteiger partial charge in [-0.3, -0.25) is 5.84 Å². The number of hydrogen-bond acceptors (Lipinski definition) is 3. The first-order valence-corrected chi connectivity index (χ1v) is 7.71. The third kappa shape index (κ3) is 3.40. The number of aryl methyl sites for hydroxylation is 2. The maximum Gasteiger partial charge on any atom is 0.124 e. The Morgan fingerprint density at radius 2 is 1.95 bits per heavy atom. The quantitative estimate of drug-likeness (QED) is 0.624. The zero-order valence-corrected chi connectivity index (χ0v) is 14.5. The van der Waals surface area contributed by atoms with Gasteiger partial charge in [-0.15, -0.1) is 0 Å². The molecule has 0 fully saturated rings. The standard InChI is InChI=1S/C16H18BrClN2O/c1-9-6-10(2)15(14(7-9)21-3)16(20-19)12-5-4-11(18)8-13(12)17/h4-8,16,20H,19H2,1-3H3. The molecule has 0 aliphatic carbocycles. The summed E-state index contributed by atoms with van der Waals surface area (Å²) < 4.78 is 6.44. The van der Waals surface area contributed by atoms with Crippen molar-refractivity contribution in [3.8, 4) is 5.75 Å². The molecule has 1 unspecified atom stereocenters. The predicted octanol–water partition coefficient (Wildman–Crippen LogP) is 4.28. The summed E-state index contributed by atoms with van der Waals surface area (Å²) in [5.74, 6) is 6.63. The maximum absolute atomic E-state index is 6.02. The molecule has 0 spiro atoms. The molecule has 112 valence electrons. The van der Waals surface area contributed by atoms with E-state index in [0.29, 0.717) is 5.02 Å². The van der Waals surface area contributed by atoms with Crippen molar-refractivity contribution < 1.29 is 4.74 Å². The number of hydrogen-bond donors (Lipinski definition) is 2. The summed E-state index contributed by atoms with van der Waals surface area (Å²) >= 11 is 9.57. The molecule has 2 rings (SSSR count). The fourth-order valence-corrected chi connectivity index (χ4v) is 3.45. The van der Waals surface area contributed by atoms with Gasteiger partial charge in [0.15, 0.2) is 0 Å². The summed E-state index contributed by atoms with van der Waals surface area (Å²) in [6, 6.07) is 9.60. The van der Waals surface area contributed by atoms with Gasteiger partial charge in [0.05, 0.1) is 13.2 Å². The normalized spacial score (nSPS) is 12.3. The molecule has 0 saturated heterocycles. The molecule has 0 amide bonds. The first-order chi connectivity index (χ1) is 9.97. The fourth-order valence-electron chi connectivity index (χ4n) is 2.54. The van der Waals surface area contributed by atoms with Crippen molar-refractivity contribution in [3.63, 3.8) is 0 Å². The van der Waals surface area contributed by atoms with Gasteiger partial charge >= 0.3 is 0 Å². The largest absolute Gasteiger partial charge is 0.496 e. The summed E-state index contributed by atoms with van der Waals surface area (Å²) in [6.45, 7) is 4.10. The van der Waals surface area contributed by atoms with Crippen LogP contribution in [0.15, 0.2) is 34.8 Å². The number of methoxy groups -OCH3 is 1. The Morgan fingerprint density at radius 3 is 2.52 bits per heavy atom. The Labute approximate surface area is 138 Å². The van der Waals surface area contributed by atoms with Crippen molar-refractivity contribution in [3.05, 3.63) is 62.1 Å². The number of rotatable bonds is 4. The van der Waals surface area contributed by atoms with Crippen LogP contribution >= 0.6 is 27.5 Å². The molecule has 3 N–H and O–H groups in total. The lowest BCUT2D eigenvalue weighted by molar-refractivity contribution is 0.403. The average molecular weight is 370 g/mol. The van der Waals surface area contributed by atoms with E-state index in [0.717, 1.165) is 32.5 Å². The molecule has 0 aliphatic rings. The van der Waals surface area contributed by atoms with Gasteiger partial charge < -0.3 is 4.74 Å². The molecule has 3 nitrogen and oxygen atoms in total. The molecule has 0 aliphatic heterocycles. The van der Waals surface area contributed by atoms with Gasteiger partial charge in [0.2, 0.25) is 0 Å². The summed E-state index contributed by atoms with van der Waals surface area (Å²) in [5, 5.41) is 0.675. The number of halogens is 2. The smallest absolute Gasteiger partial charge is 0.124 e. The Balaban J connectivity index is 2.61. The molecule has 5 heteroatoms. The molecule has 1 atom stereocenters. The zero-order valence-electron chi connectivity index (χ0n) is 12.2. The summed E-state index contributed by atoms with van der Waals surface area (Å²) in [7, 11) is 1.67. The van der Waals surface area contributed by atoms with E-state index in [1.807, 2.05) is 31.2 Å². The molecule has 0 bridgehead atoms. The van der Waals surface area contributed by atoms with E-state index >= 15 is 0 Å². The zero-order chi connectivity index (χ0) is 15.6. The van der Waals surface area contributed by atoms with Crippen LogP contribution in [-0.4, -0.2) is 7.11 Å².